The molecule has 0 saturated carbocycles. The van der Waals surface area contributed by atoms with Gasteiger partial charge in [-0.1, -0.05) is 54.4 Å². The second kappa shape index (κ2) is 7.60. The van der Waals surface area contributed by atoms with Gasteiger partial charge in [0.2, 0.25) is 0 Å². The van der Waals surface area contributed by atoms with E-state index < -0.39 is 0 Å². The first-order valence-corrected chi connectivity index (χ1v) is 9.19. The molecular weight excluding hydrogens is 339 g/mol. The molecule has 24 heavy (non-hydrogen) atoms. The van der Waals surface area contributed by atoms with E-state index in [-0.39, 0.29) is 0 Å². The maximum Gasteiger partial charge on any atom is 0.0527 e. The van der Waals surface area contributed by atoms with E-state index in [0.717, 1.165) is 36.9 Å². The van der Waals surface area contributed by atoms with E-state index in [9.17, 15) is 0 Å². The standard InChI is InChI=1S/C20H22Cl2N2/c1-2-13-7-5-9-14-15(8-3-4-12-23)20(24-19(13)14)18-16(21)10-6-11-17(18)22/h5-7,9-11,24H,2-4,8,12,23H2,1H3. The van der Waals surface area contributed by atoms with Crippen LogP contribution in [-0.4, -0.2) is 11.5 Å². The third-order valence-corrected chi connectivity index (χ3v) is 5.13. The lowest BCUT2D eigenvalue weighted by atomic mass is 9.99. The molecule has 0 aliphatic rings. The SMILES string of the molecule is CCc1cccc2c(CCCCN)c(-c3c(Cl)cccc3Cl)[nH]c12. The molecule has 0 radical (unpaired) electrons. The molecule has 0 aliphatic heterocycles. The summed E-state index contributed by atoms with van der Waals surface area (Å²) in [7, 11) is 0. The maximum absolute atomic E-state index is 6.47. The smallest absolute Gasteiger partial charge is 0.0527 e. The van der Waals surface area contributed by atoms with Gasteiger partial charge in [0.25, 0.3) is 0 Å². The predicted octanol–water partition coefficient (Wildman–Crippen LogP) is 5.99. The van der Waals surface area contributed by atoms with Crippen molar-refractivity contribution in [1.82, 2.24) is 4.98 Å². The molecule has 3 N–H and O–H groups in total. The minimum Gasteiger partial charge on any atom is -0.354 e. The highest BCUT2D eigenvalue weighted by Crippen LogP contribution is 2.40. The Morgan fingerprint density at radius 2 is 1.71 bits per heavy atom. The summed E-state index contributed by atoms with van der Waals surface area (Å²) in [6, 6.07) is 12.1. The molecule has 126 valence electrons. The Morgan fingerprint density at radius 1 is 1.00 bits per heavy atom. The number of unbranched alkanes of at least 4 members (excludes halogenated alkanes) is 1. The fourth-order valence-electron chi connectivity index (χ4n) is 3.28. The number of halogens is 2. The van der Waals surface area contributed by atoms with Crippen LogP contribution < -0.4 is 5.73 Å². The average molecular weight is 361 g/mol. The van der Waals surface area contributed by atoms with Crippen molar-refractivity contribution in [3.63, 3.8) is 0 Å². The molecule has 0 amide bonds. The average Bonchev–Trinajstić information content (AvgIpc) is 2.93. The largest absolute Gasteiger partial charge is 0.354 e. The summed E-state index contributed by atoms with van der Waals surface area (Å²) < 4.78 is 0. The van der Waals surface area contributed by atoms with Crippen molar-refractivity contribution in [3.8, 4) is 11.3 Å². The van der Waals surface area contributed by atoms with Gasteiger partial charge in [0.15, 0.2) is 0 Å². The van der Waals surface area contributed by atoms with Crippen molar-refractivity contribution < 1.29 is 0 Å². The molecule has 1 aromatic heterocycles. The van der Waals surface area contributed by atoms with Gasteiger partial charge in [-0.05, 0) is 55.5 Å². The van der Waals surface area contributed by atoms with Crippen molar-refractivity contribution in [1.29, 1.82) is 0 Å². The highest BCUT2D eigenvalue weighted by Gasteiger charge is 2.18. The van der Waals surface area contributed by atoms with E-state index in [1.165, 1.54) is 22.0 Å². The highest BCUT2D eigenvalue weighted by molar-refractivity contribution is 6.39. The van der Waals surface area contributed by atoms with Crippen LogP contribution in [0.3, 0.4) is 0 Å². The second-order valence-electron chi connectivity index (χ2n) is 6.01. The van der Waals surface area contributed by atoms with Gasteiger partial charge in [0, 0.05) is 16.5 Å². The zero-order chi connectivity index (χ0) is 17.1. The van der Waals surface area contributed by atoms with Crippen molar-refractivity contribution in [2.24, 2.45) is 5.73 Å². The van der Waals surface area contributed by atoms with Crippen molar-refractivity contribution in [2.75, 3.05) is 6.54 Å². The van der Waals surface area contributed by atoms with Gasteiger partial charge in [-0.15, -0.1) is 0 Å². The lowest BCUT2D eigenvalue weighted by Crippen LogP contribution is -1.99. The van der Waals surface area contributed by atoms with Gasteiger partial charge >= 0.3 is 0 Å². The fourth-order valence-corrected chi connectivity index (χ4v) is 3.87. The van der Waals surface area contributed by atoms with E-state index in [1.54, 1.807) is 0 Å². The number of aromatic amines is 1. The molecule has 0 unspecified atom stereocenters. The number of aromatic nitrogens is 1. The first-order chi connectivity index (χ1) is 11.7. The number of fused-ring (bicyclic) bond motifs is 1. The molecule has 4 heteroatoms. The third kappa shape index (κ3) is 3.19. The topological polar surface area (TPSA) is 41.8 Å². The zero-order valence-corrected chi connectivity index (χ0v) is 15.3. The van der Waals surface area contributed by atoms with Crippen molar-refractivity contribution in [3.05, 3.63) is 57.6 Å². The van der Waals surface area contributed by atoms with Crippen molar-refractivity contribution >= 4 is 34.1 Å². The number of H-pyrrole nitrogens is 1. The highest BCUT2D eigenvalue weighted by atomic mass is 35.5. The van der Waals surface area contributed by atoms with Gasteiger partial charge < -0.3 is 10.7 Å². The molecule has 0 bridgehead atoms. The Bertz CT molecular complexity index is 832. The van der Waals surface area contributed by atoms with Gasteiger partial charge in [-0.25, -0.2) is 0 Å². The summed E-state index contributed by atoms with van der Waals surface area (Å²) in [6.45, 7) is 2.89. The Kier molecular flexibility index (Phi) is 5.50. The van der Waals surface area contributed by atoms with Crippen LogP contribution in [0.5, 0.6) is 0 Å². The van der Waals surface area contributed by atoms with E-state index in [0.29, 0.717) is 16.6 Å². The number of hydrogen-bond donors (Lipinski definition) is 2. The Hall–Kier alpha value is -1.48. The molecule has 1 heterocycles. The van der Waals surface area contributed by atoms with Crippen molar-refractivity contribution in [2.45, 2.75) is 32.6 Å². The minimum atomic E-state index is 0.673. The van der Waals surface area contributed by atoms with Crippen LogP contribution in [0.1, 0.15) is 30.9 Å². The molecule has 0 saturated heterocycles. The van der Waals surface area contributed by atoms with Crippen LogP contribution in [0, 0.1) is 0 Å². The molecular formula is C20H22Cl2N2. The number of rotatable bonds is 6. The van der Waals surface area contributed by atoms with Gasteiger partial charge in [-0.2, -0.15) is 0 Å². The molecule has 0 spiro atoms. The number of para-hydroxylation sites is 1. The summed E-state index contributed by atoms with van der Waals surface area (Å²) in [6.07, 6.45) is 4.00. The minimum absolute atomic E-state index is 0.673. The van der Waals surface area contributed by atoms with Crippen LogP contribution in [0.15, 0.2) is 36.4 Å². The van der Waals surface area contributed by atoms with E-state index in [4.69, 9.17) is 28.9 Å². The molecule has 2 nitrogen and oxygen atoms in total. The van der Waals surface area contributed by atoms with E-state index in [1.807, 2.05) is 18.2 Å². The first-order valence-electron chi connectivity index (χ1n) is 8.44. The summed E-state index contributed by atoms with van der Waals surface area (Å²) in [5, 5.41) is 2.61. The first kappa shape index (κ1) is 17.3. The van der Waals surface area contributed by atoms with Crippen LogP contribution in [0.25, 0.3) is 22.2 Å². The summed E-state index contributed by atoms with van der Waals surface area (Å²) in [5.74, 6) is 0. The second-order valence-corrected chi connectivity index (χ2v) is 6.83. The lowest BCUT2D eigenvalue weighted by Gasteiger charge is -2.09. The summed E-state index contributed by atoms with van der Waals surface area (Å²) in [4.78, 5) is 3.61. The van der Waals surface area contributed by atoms with Crippen LogP contribution >= 0.6 is 23.2 Å². The Balaban J connectivity index is 2.23. The van der Waals surface area contributed by atoms with Crippen LogP contribution in [0.4, 0.5) is 0 Å². The molecule has 0 fully saturated rings. The number of hydrogen-bond acceptors (Lipinski definition) is 1. The van der Waals surface area contributed by atoms with Gasteiger partial charge in [-0.3, -0.25) is 0 Å². The molecule has 3 rings (SSSR count). The quantitative estimate of drug-likeness (QED) is 0.521. The van der Waals surface area contributed by atoms with Crippen LogP contribution in [0.2, 0.25) is 10.0 Å². The number of nitrogens with two attached hydrogens (primary N) is 1. The van der Waals surface area contributed by atoms with Gasteiger partial charge in [0.1, 0.15) is 0 Å². The van der Waals surface area contributed by atoms with E-state index >= 15 is 0 Å². The maximum atomic E-state index is 6.47. The molecule has 3 aromatic rings. The summed E-state index contributed by atoms with van der Waals surface area (Å²) >= 11 is 12.9. The molecule has 0 aliphatic carbocycles. The third-order valence-electron chi connectivity index (χ3n) is 4.50. The normalized spacial score (nSPS) is 11.3. The number of aryl methyl sites for hydroxylation is 2. The van der Waals surface area contributed by atoms with Gasteiger partial charge in [0.05, 0.1) is 15.7 Å². The summed E-state index contributed by atoms with van der Waals surface area (Å²) in [5.41, 5.74) is 11.4. The molecule has 0 atom stereocenters. The zero-order valence-electron chi connectivity index (χ0n) is 13.8. The predicted molar refractivity (Wildman–Crippen MR) is 105 cm³/mol. The molecule has 2 aromatic carbocycles. The number of benzene rings is 2. The lowest BCUT2D eigenvalue weighted by molar-refractivity contribution is 0.748. The van der Waals surface area contributed by atoms with Crippen LogP contribution in [-0.2, 0) is 12.8 Å². The van der Waals surface area contributed by atoms with E-state index in [2.05, 4.69) is 30.1 Å². The Labute approximate surface area is 153 Å². The number of nitrogens with one attached hydrogen (secondary N) is 1. The fraction of sp³-hybridized carbons (Fsp3) is 0.300. The monoisotopic (exact) mass is 360 g/mol. The Morgan fingerprint density at radius 3 is 2.38 bits per heavy atom.